The molecule has 0 saturated carbocycles. The molecule has 0 saturated heterocycles. The zero-order valence-corrected chi connectivity index (χ0v) is 19.0. The molecule has 1 N–H and O–H groups in total. The molecule has 1 atom stereocenters. The molecule has 1 unspecified atom stereocenters. The molecule has 0 aliphatic carbocycles. The van der Waals surface area contributed by atoms with E-state index >= 15 is 0 Å². The number of hydrogen-bond acceptors (Lipinski definition) is 6. The van der Waals surface area contributed by atoms with E-state index in [-0.39, 0.29) is 30.8 Å². The number of benzene rings is 2. The van der Waals surface area contributed by atoms with E-state index in [1.54, 1.807) is 26.0 Å². The van der Waals surface area contributed by atoms with Gasteiger partial charge in [-0.3, -0.25) is 9.59 Å². The molecule has 0 heterocycles. The zero-order chi connectivity index (χ0) is 23.0. The van der Waals surface area contributed by atoms with Crippen LogP contribution < -0.4 is 19.5 Å². The maximum absolute atomic E-state index is 12.8. The van der Waals surface area contributed by atoms with Gasteiger partial charge in [-0.15, -0.1) is 0 Å². The Morgan fingerprint density at radius 3 is 2.00 bits per heavy atom. The Hall–Kier alpha value is -3.22. The Morgan fingerprint density at radius 1 is 0.935 bits per heavy atom. The van der Waals surface area contributed by atoms with Crippen molar-refractivity contribution < 1.29 is 28.5 Å². The minimum atomic E-state index is -0.499. The second-order valence-corrected chi connectivity index (χ2v) is 7.48. The van der Waals surface area contributed by atoms with E-state index in [0.29, 0.717) is 22.8 Å². The van der Waals surface area contributed by atoms with Gasteiger partial charge in [-0.05, 0) is 44.0 Å². The second kappa shape index (κ2) is 11.2. The van der Waals surface area contributed by atoms with Crippen molar-refractivity contribution in [2.75, 3.05) is 21.3 Å². The molecule has 31 heavy (non-hydrogen) atoms. The first kappa shape index (κ1) is 24.1. The van der Waals surface area contributed by atoms with Gasteiger partial charge in [-0.25, -0.2) is 0 Å². The van der Waals surface area contributed by atoms with Crippen LogP contribution in [0, 0.1) is 6.92 Å². The topological polar surface area (TPSA) is 83.1 Å². The van der Waals surface area contributed by atoms with Crippen LogP contribution >= 0.6 is 0 Å². The molecule has 2 aromatic rings. The number of hydrogen-bond donors (Lipinski definition) is 1. The SMILES string of the molecule is COc1cc(CC(=O)NC(CC(=O)OC(C)C)c2ccc(C)cc2)cc(OC)c1OC. The molecular weight excluding hydrogens is 398 g/mol. The Bertz CT molecular complexity index is 866. The lowest BCUT2D eigenvalue weighted by Gasteiger charge is -2.20. The summed E-state index contributed by atoms with van der Waals surface area (Å²) in [6, 6.07) is 10.7. The molecule has 1 amide bonds. The summed E-state index contributed by atoms with van der Waals surface area (Å²) in [6.45, 7) is 5.57. The number of carbonyl (C=O) groups excluding carboxylic acids is 2. The normalized spacial score (nSPS) is 11.6. The highest BCUT2D eigenvalue weighted by atomic mass is 16.5. The van der Waals surface area contributed by atoms with Gasteiger partial charge in [-0.1, -0.05) is 29.8 Å². The number of esters is 1. The van der Waals surface area contributed by atoms with Crippen LogP contribution in [0.2, 0.25) is 0 Å². The highest BCUT2D eigenvalue weighted by Gasteiger charge is 2.21. The minimum Gasteiger partial charge on any atom is -0.493 e. The highest BCUT2D eigenvalue weighted by molar-refractivity contribution is 5.80. The molecule has 2 aromatic carbocycles. The molecule has 0 aromatic heterocycles. The number of rotatable bonds is 10. The monoisotopic (exact) mass is 429 g/mol. The first-order valence-electron chi connectivity index (χ1n) is 10.1. The van der Waals surface area contributed by atoms with E-state index in [1.165, 1.54) is 21.3 Å². The molecule has 7 nitrogen and oxygen atoms in total. The largest absolute Gasteiger partial charge is 0.493 e. The van der Waals surface area contributed by atoms with Crippen LogP contribution in [0.1, 0.15) is 43.0 Å². The van der Waals surface area contributed by atoms with E-state index in [2.05, 4.69) is 5.32 Å². The number of carbonyl (C=O) groups is 2. The first-order chi connectivity index (χ1) is 14.8. The summed E-state index contributed by atoms with van der Waals surface area (Å²) in [5.41, 5.74) is 2.62. The molecule has 0 radical (unpaired) electrons. The standard InChI is InChI=1S/C24H31NO6/c1-15(2)31-23(27)14-19(18-9-7-16(3)8-10-18)25-22(26)13-17-11-20(28-4)24(30-6)21(12-17)29-5/h7-12,15,19H,13-14H2,1-6H3,(H,25,26). The number of amides is 1. The quantitative estimate of drug-likeness (QED) is 0.579. The van der Waals surface area contributed by atoms with Crippen LogP contribution in [-0.4, -0.2) is 39.3 Å². The van der Waals surface area contributed by atoms with Gasteiger partial charge >= 0.3 is 5.97 Å². The van der Waals surface area contributed by atoms with Crippen molar-refractivity contribution in [3.63, 3.8) is 0 Å². The maximum Gasteiger partial charge on any atom is 0.308 e. The average Bonchev–Trinajstić information content (AvgIpc) is 2.72. The van der Waals surface area contributed by atoms with Gasteiger partial charge in [0.1, 0.15) is 0 Å². The lowest BCUT2D eigenvalue weighted by molar-refractivity contribution is -0.148. The summed E-state index contributed by atoms with van der Waals surface area (Å²) in [6.07, 6.45) is -0.0957. The molecule has 0 aliphatic heterocycles. The molecule has 0 aliphatic rings. The molecule has 2 rings (SSSR count). The molecule has 168 valence electrons. The summed E-state index contributed by atoms with van der Waals surface area (Å²) in [5.74, 6) is 0.800. The third-order valence-corrected chi connectivity index (χ3v) is 4.64. The predicted molar refractivity (Wildman–Crippen MR) is 118 cm³/mol. The van der Waals surface area contributed by atoms with E-state index in [4.69, 9.17) is 18.9 Å². The maximum atomic E-state index is 12.8. The Balaban J connectivity index is 2.21. The first-order valence-corrected chi connectivity index (χ1v) is 10.1. The molecule has 0 spiro atoms. The molecule has 0 fully saturated rings. The van der Waals surface area contributed by atoms with Crippen molar-refractivity contribution in [1.82, 2.24) is 5.32 Å². The third-order valence-electron chi connectivity index (χ3n) is 4.64. The molecule has 7 heteroatoms. The van der Waals surface area contributed by atoms with E-state index in [0.717, 1.165) is 11.1 Å². The van der Waals surface area contributed by atoms with E-state index in [1.807, 2.05) is 31.2 Å². The number of aryl methyl sites for hydroxylation is 1. The lowest BCUT2D eigenvalue weighted by Crippen LogP contribution is -2.32. The number of nitrogens with one attached hydrogen (secondary N) is 1. The third kappa shape index (κ3) is 6.91. The second-order valence-electron chi connectivity index (χ2n) is 7.48. The van der Waals surface area contributed by atoms with Gasteiger partial charge in [0.15, 0.2) is 11.5 Å². The van der Waals surface area contributed by atoms with Crippen LogP contribution in [0.25, 0.3) is 0 Å². The highest BCUT2D eigenvalue weighted by Crippen LogP contribution is 2.38. The Morgan fingerprint density at radius 2 is 1.52 bits per heavy atom. The van der Waals surface area contributed by atoms with Gasteiger partial charge in [0.2, 0.25) is 11.7 Å². The van der Waals surface area contributed by atoms with Crippen LogP contribution in [0.15, 0.2) is 36.4 Å². The van der Waals surface area contributed by atoms with Gasteiger partial charge in [-0.2, -0.15) is 0 Å². The van der Waals surface area contributed by atoms with Crippen LogP contribution in [-0.2, 0) is 20.7 Å². The number of methoxy groups -OCH3 is 3. The average molecular weight is 430 g/mol. The fraction of sp³-hybridized carbons (Fsp3) is 0.417. The van der Waals surface area contributed by atoms with Crippen molar-refractivity contribution in [3.8, 4) is 17.2 Å². The summed E-state index contributed by atoms with van der Waals surface area (Å²) >= 11 is 0. The zero-order valence-electron chi connectivity index (χ0n) is 19.0. The number of ether oxygens (including phenoxy) is 4. The van der Waals surface area contributed by atoms with Gasteiger partial charge < -0.3 is 24.3 Å². The van der Waals surface area contributed by atoms with Crippen LogP contribution in [0.3, 0.4) is 0 Å². The smallest absolute Gasteiger partial charge is 0.308 e. The molecular formula is C24H31NO6. The van der Waals surface area contributed by atoms with Crippen LogP contribution in [0.4, 0.5) is 0 Å². The van der Waals surface area contributed by atoms with E-state index < -0.39 is 6.04 Å². The lowest BCUT2D eigenvalue weighted by atomic mass is 10.0. The van der Waals surface area contributed by atoms with Gasteiger partial charge in [0.05, 0.1) is 46.3 Å². The molecule has 0 bridgehead atoms. The fourth-order valence-electron chi connectivity index (χ4n) is 3.20. The van der Waals surface area contributed by atoms with Crippen LogP contribution in [0.5, 0.6) is 17.2 Å². The summed E-state index contributed by atoms with van der Waals surface area (Å²) in [7, 11) is 4.57. The van der Waals surface area contributed by atoms with Crippen molar-refractivity contribution in [2.24, 2.45) is 0 Å². The summed E-state index contributed by atoms with van der Waals surface area (Å²) in [4.78, 5) is 25.1. The summed E-state index contributed by atoms with van der Waals surface area (Å²) in [5, 5.41) is 2.96. The minimum absolute atomic E-state index is 0.0439. The van der Waals surface area contributed by atoms with Crippen molar-refractivity contribution in [3.05, 3.63) is 53.1 Å². The van der Waals surface area contributed by atoms with Crippen molar-refractivity contribution >= 4 is 11.9 Å². The predicted octanol–water partition coefficient (Wildman–Crippen LogP) is 3.76. The Kier molecular flexibility index (Phi) is 8.73. The Labute approximate surface area is 183 Å². The van der Waals surface area contributed by atoms with Crippen molar-refractivity contribution in [2.45, 2.75) is 45.8 Å². The van der Waals surface area contributed by atoms with Crippen molar-refractivity contribution in [1.29, 1.82) is 0 Å². The van der Waals surface area contributed by atoms with Gasteiger partial charge in [0.25, 0.3) is 0 Å². The van der Waals surface area contributed by atoms with E-state index in [9.17, 15) is 9.59 Å². The summed E-state index contributed by atoms with van der Waals surface area (Å²) < 4.78 is 21.3. The van der Waals surface area contributed by atoms with Gasteiger partial charge in [0, 0.05) is 0 Å². The fourth-order valence-corrected chi connectivity index (χ4v) is 3.20.